The van der Waals surface area contributed by atoms with Gasteiger partial charge in [0.2, 0.25) is 5.91 Å². The average Bonchev–Trinajstić information content (AvgIpc) is 2.98. The molecule has 0 bridgehead atoms. The molecule has 0 aliphatic carbocycles. The molecule has 1 fully saturated rings. The van der Waals surface area contributed by atoms with Crippen molar-refractivity contribution in [2.24, 2.45) is 0 Å². The summed E-state index contributed by atoms with van der Waals surface area (Å²) in [6.07, 6.45) is 3.87. The number of carbonyl (C=O) groups is 1. The highest BCUT2D eigenvalue weighted by atomic mass is 16.2. The lowest BCUT2D eigenvalue weighted by Gasteiger charge is -2.33. The minimum Gasteiger partial charge on any atom is -0.304 e. The lowest BCUT2D eigenvalue weighted by molar-refractivity contribution is -0.117. The summed E-state index contributed by atoms with van der Waals surface area (Å²) in [5.41, 5.74) is 2.77. The molecule has 0 aromatic carbocycles. The van der Waals surface area contributed by atoms with Crippen LogP contribution in [0, 0.1) is 6.92 Å². The number of anilines is 1. The van der Waals surface area contributed by atoms with Gasteiger partial charge in [-0.25, -0.2) is 9.97 Å². The number of nitrogens with zero attached hydrogens (tertiary/aromatic N) is 6. The van der Waals surface area contributed by atoms with Crippen molar-refractivity contribution < 1.29 is 4.79 Å². The first kappa shape index (κ1) is 17.1. The molecule has 0 spiro atoms. The van der Waals surface area contributed by atoms with E-state index in [1.165, 1.54) is 0 Å². The second-order valence-electron chi connectivity index (χ2n) is 7.04. The molecule has 2 aromatic heterocycles. The summed E-state index contributed by atoms with van der Waals surface area (Å²) in [6.45, 7) is 7.79. The first-order chi connectivity index (χ1) is 12.6. The van der Waals surface area contributed by atoms with Gasteiger partial charge in [-0.1, -0.05) is 0 Å². The molecule has 7 nitrogen and oxygen atoms in total. The molecule has 4 heterocycles. The summed E-state index contributed by atoms with van der Waals surface area (Å²) in [5.74, 6) is 1.56. The van der Waals surface area contributed by atoms with Crippen LogP contribution in [0.15, 0.2) is 24.5 Å². The fourth-order valence-corrected chi connectivity index (χ4v) is 3.55. The van der Waals surface area contributed by atoms with Gasteiger partial charge in [0.05, 0.1) is 6.42 Å². The van der Waals surface area contributed by atoms with E-state index >= 15 is 0 Å². The molecule has 0 N–H and O–H groups in total. The van der Waals surface area contributed by atoms with Crippen LogP contribution in [0.2, 0.25) is 0 Å². The van der Waals surface area contributed by atoms with Crippen molar-refractivity contribution in [2.45, 2.75) is 13.3 Å². The van der Waals surface area contributed by atoms with E-state index in [0.29, 0.717) is 18.8 Å². The van der Waals surface area contributed by atoms with Crippen LogP contribution in [0.5, 0.6) is 0 Å². The third-order valence-electron chi connectivity index (χ3n) is 5.25. The van der Waals surface area contributed by atoms with Crippen molar-refractivity contribution in [1.29, 1.82) is 0 Å². The third-order valence-corrected chi connectivity index (χ3v) is 5.25. The number of aromatic nitrogens is 3. The molecule has 26 heavy (non-hydrogen) atoms. The summed E-state index contributed by atoms with van der Waals surface area (Å²) < 4.78 is 0. The highest BCUT2D eigenvalue weighted by Crippen LogP contribution is 2.30. The van der Waals surface area contributed by atoms with Crippen molar-refractivity contribution >= 4 is 11.7 Å². The smallest absolute Gasteiger partial charge is 0.232 e. The van der Waals surface area contributed by atoms with E-state index in [-0.39, 0.29) is 5.91 Å². The van der Waals surface area contributed by atoms with Crippen LogP contribution in [0.1, 0.15) is 11.3 Å². The molecule has 2 aliphatic heterocycles. The summed E-state index contributed by atoms with van der Waals surface area (Å²) in [5, 5.41) is 0. The lowest BCUT2D eigenvalue weighted by atomic mass is 10.2. The summed E-state index contributed by atoms with van der Waals surface area (Å²) in [6, 6.07) is 3.79. The Kier molecular flexibility index (Phi) is 4.65. The van der Waals surface area contributed by atoms with E-state index in [0.717, 1.165) is 55.4 Å². The predicted octanol–water partition coefficient (Wildman–Crippen LogP) is 0.984. The van der Waals surface area contributed by atoms with Crippen LogP contribution in [-0.2, 0) is 11.2 Å². The Labute approximate surface area is 153 Å². The van der Waals surface area contributed by atoms with Crippen molar-refractivity contribution in [3.05, 3.63) is 35.8 Å². The maximum Gasteiger partial charge on any atom is 0.232 e. The van der Waals surface area contributed by atoms with Gasteiger partial charge in [0.15, 0.2) is 5.82 Å². The van der Waals surface area contributed by atoms with Crippen molar-refractivity contribution in [3.63, 3.8) is 0 Å². The fourth-order valence-electron chi connectivity index (χ4n) is 3.55. The monoisotopic (exact) mass is 352 g/mol. The molecule has 0 unspecified atom stereocenters. The first-order valence-corrected chi connectivity index (χ1v) is 9.11. The summed E-state index contributed by atoms with van der Waals surface area (Å²) in [4.78, 5) is 32.6. The van der Waals surface area contributed by atoms with Crippen molar-refractivity contribution in [3.8, 4) is 11.4 Å². The van der Waals surface area contributed by atoms with E-state index in [1.807, 2.05) is 24.0 Å². The van der Waals surface area contributed by atoms with Crippen molar-refractivity contribution in [1.82, 2.24) is 24.8 Å². The van der Waals surface area contributed by atoms with Crippen molar-refractivity contribution in [2.75, 3.05) is 51.2 Å². The van der Waals surface area contributed by atoms with Gasteiger partial charge in [-0.15, -0.1) is 0 Å². The van der Waals surface area contributed by atoms with Gasteiger partial charge in [-0.2, -0.15) is 0 Å². The van der Waals surface area contributed by atoms with Crippen LogP contribution in [0.4, 0.5) is 5.82 Å². The highest BCUT2D eigenvalue weighted by molar-refractivity contribution is 6.00. The summed E-state index contributed by atoms with van der Waals surface area (Å²) >= 11 is 0. The molecule has 0 radical (unpaired) electrons. The second kappa shape index (κ2) is 7.09. The molecule has 0 atom stereocenters. The number of rotatable bonds is 4. The van der Waals surface area contributed by atoms with E-state index in [4.69, 9.17) is 4.98 Å². The topological polar surface area (TPSA) is 65.5 Å². The van der Waals surface area contributed by atoms with Gasteiger partial charge in [0, 0.05) is 68.5 Å². The van der Waals surface area contributed by atoms with Crippen LogP contribution < -0.4 is 4.90 Å². The minimum absolute atomic E-state index is 0.124. The fraction of sp³-hybridized carbons (Fsp3) is 0.474. The molecule has 2 aliphatic rings. The van der Waals surface area contributed by atoms with Crippen LogP contribution in [0.25, 0.3) is 11.4 Å². The number of hydrogen-bond donors (Lipinski definition) is 0. The molecule has 1 amide bonds. The van der Waals surface area contributed by atoms with Crippen LogP contribution >= 0.6 is 0 Å². The standard InChI is InChI=1S/C19H24N6O/c1-14-16-13-17(26)25(12-11-24-9-7-23(2)8-10-24)19(16)22-18(21-14)15-3-5-20-6-4-15/h3-6H,7-13H2,1-2H3. The zero-order valence-electron chi connectivity index (χ0n) is 15.4. The average molecular weight is 352 g/mol. The van der Waals surface area contributed by atoms with Crippen LogP contribution in [-0.4, -0.2) is 77.0 Å². The Morgan fingerprint density at radius 3 is 2.50 bits per heavy atom. The van der Waals surface area contributed by atoms with Gasteiger partial charge in [-0.05, 0) is 26.1 Å². The van der Waals surface area contributed by atoms with Gasteiger partial charge in [0.1, 0.15) is 5.82 Å². The molecular weight excluding hydrogens is 328 g/mol. The van der Waals surface area contributed by atoms with E-state index in [2.05, 4.69) is 26.8 Å². The Balaban J connectivity index is 1.55. The third kappa shape index (κ3) is 3.32. The lowest BCUT2D eigenvalue weighted by Crippen LogP contribution is -2.47. The number of aryl methyl sites for hydroxylation is 1. The van der Waals surface area contributed by atoms with Gasteiger partial charge >= 0.3 is 0 Å². The number of hydrogen-bond acceptors (Lipinski definition) is 6. The quantitative estimate of drug-likeness (QED) is 0.817. The predicted molar refractivity (Wildman–Crippen MR) is 100.0 cm³/mol. The molecule has 2 aromatic rings. The normalized spacial score (nSPS) is 18.4. The number of pyridine rings is 1. The number of amides is 1. The number of likely N-dealkylation sites (N-methyl/N-ethyl adjacent to an activating group) is 1. The number of fused-ring (bicyclic) bond motifs is 1. The first-order valence-electron chi connectivity index (χ1n) is 9.11. The van der Waals surface area contributed by atoms with E-state index in [9.17, 15) is 4.79 Å². The Morgan fingerprint density at radius 2 is 1.77 bits per heavy atom. The molecule has 136 valence electrons. The largest absolute Gasteiger partial charge is 0.304 e. The number of carbonyl (C=O) groups excluding carboxylic acids is 1. The highest BCUT2D eigenvalue weighted by Gasteiger charge is 2.31. The van der Waals surface area contributed by atoms with Gasteiger partial charge in [0.25, 0.3) is 0 Å². The SMILES string of the molecule is Cc1nc(-c2ccncc2)nc2c1CC(=O)N2CCN1CCN(C)CC1. The zero-order valence-corrected chi connectivity index (χ0v) is 15.4. The van der Waals surface area contributed by atoms with Crippen LogP contribution in [0.3, 0.4) is 0 Å². The minimum atomic E-state index is 0.124. The Morgan fingerprint density at radius 1 is 1.04 bits per heavy atom. The molecule has 0 saturated carbocycles. The summed E-state index contributed by atoms with van der Waals surface area (Å²) in [7, 11) is 2.15. The molecular formula is C19H24N6O. The van der Waals surface area contributed by atoms with E-state index < -0.39 is 0 Å². The Hall–Kier alpha value is -2.38. The maximum absolute atomic E-state index is 12.6. The zero-order chi connectivity index (χ0) is 18.1. The second-order valence-corrected chi connectivity index (χ2v) is 7.04. The molecule has 4 rings (SSSR count). The molecule has 1 saturated heterocycles. The number of piperazine rings is 1. The maximum atomic E-state index is 12.6. The Bertz CT molecular complexity index is 801. The molecule has 7 heteroatoms. The van der Waals surface area contributed by atoms with E-state index in [1.54, 1.807) is 12.4 Å². The van der Waals surface area contributed by atoms with Gasteiger partial charge < -0.3 is 4.90 Å². The van der Waals surface area contributed by atoms with Gasteiger partial charge in [-0.3, -0.25) is 19.6 Å².